The van der Waals surface area contributed by atoms with Crippen molar-refractivity contribution in [3.8, 4) is 0 Å². The predicted octanol–water partition coefficient (Wildman–Crippen LogP) is -0.239. The maximum absolute atomic E-state index is 12.3. The van der Waals surface area contributed by atoms with Crippen LogP contribution in [0.5, 0.6) is 0 Å². The number of likely N-dealkylation sites (N-methyl/N-ethyl adjacent to an activating group) is 1. The fourth-order valence-corrected chi connectivity index (χ4v) is 10.3. The molecule has 3 N–H and O–H groups in total. The van der Waals surface area contributed by atoms with Gasteiger partial charge in [-0.05, 0) is 19.4 Å². The number of rotatable bonds is 3. The van der Waals surface area contributed by atoms with Gasteiger partial charge >= 0.3 is 0 Å². The minimum absolute atomic E-state index is 0.0331. The number of aliphatic hydroxyl groups excluding tert-OH is 1. The smallest absolute Gasteiger partial charge is 0.124 e. The first kappa shape index (κ1) is 18.3. The highest BCUT2D eigenvalue weighted by Gasteiger charge is 2.91. The number of aliphatic hydroxyl groups is 3. The second-order valence-corrected chi connectivity index (χ2v) is 11.1. The van der Waals surface area contributed by atoms with Gasteiger partial charge in [-0.2, -0.15) is 0 Å². The Bertz CT molecular complexity index is 780. The standard InChI is InChI=1S/C22H33NO6/c1-4-23-9-19-13-6-11-17(23)21(13,15(24)7-16(19)29-19)14-5-10-12(27-2)8-20(11,25)22(14,26)18(10)28-3/h10-18,24-26H,4-9H2,1-3H3/t10-,11+,12+,13-,14+,15+,16+,17-,18+,19-,20+,21+,22+/m1/s1. The molecule has 0 aromatic rings. The molecular weight excluding hydrogens is 374 g/mol. The number of hydrogen-bond acceptors (Lipinski definition) is 7. The molecular formula is C22H33NO6. The van der Waals surface area contributed by atoms with Crippen molar-refractivity contribution in [1.29, 1.82) is 0 Å². The molecule has 0 aromatic heterocycles. The fourth-order valence-electron chi connectivity index (χ4n) is 10.3. The van der Waals surface area contributed by atoms with Crippen LogP contribution in [0.3, 0.4) is 0 Å². The molecule has 7 heteroatoms. The molecule has 13 atom stereocenters. The van der Waals surface area contributed by atoms with Gasteiger partial charge in [-0.1, -0.05) is 6.92 Å². The van der Waals surface area contributed by atoms with Crippen molar-refractivity contribution >= 4 is 0 Å². The van der Waals surface area contributed by atoms with Crippen LogP contribution in [0.25, 0.3) is 0 Å². The molecule has 7 rings (SSSR count). The first-order chi connectivity index (χ1) is 13.8. The van der Waals surface area contributed by atoms with Crippen LogP contribution in [0.15, 0.2) is 0 Å². The van der Waals surface area contributed by atoms with E-state index in [1.54, 1.807) is 14.2 Å². The highest BCUT2D eigenvalue weighted by Crippen LogP contribution is 2.81. The van der Waals surface area contributed by atoms with Crippen LogP contribution >= 0.6 is 0 Å². The Morgan fingerprint density at radius 2 is 1.90 bits per heavy atom. The zero-order chi connectivity index (χ0) is 20.1. The lowest BCUT2D eigenvalue weighted by Gasteiger charge is -2.68. The van der Waals surface area contributed by atoms with Crippen molar-refractivity contribution in [2.75, 3.05) is 27.3 Å². The van der Waals surface area contributed by atoms with E-state index in [4.69, 9.17) is 14.2 Å². The van der Waals surface area contributed by atoms with Crippen molar-refractivity contribution in [3.05, 3.63) is 0 Å². The first-order valence-corrected chi connectivity index (χ1v) is 11.4. The van der Waals surface area contributed by atoms with Gasteiger partial charge in [0, 0.05) is 68.7 Å². The van der Waals surface area contributed by atoms with Crippen LogP contribution in [0.2, 0.25) is 0 Å². The summed E-state index contributed by atoms with van der Waals surface area (Å²) >= 11 is 0. The summed E-state index contributed by atoms with van der Waals surface area (Å²) < 4.78 is 18.1. The van der Waals surface area contributed by atoms with Gasteiger partial charge < -0.3 is 29.5 Å². The van der Waals surface area contributed by atoms with Crippen LogP contribution in [0, 0.1) is 29.1 Å². The Hall–Kier alpha value is -0.280. The van der Waals surface area contributed by atoms with Crippen molar-refractivity contribution in [2.45, 2.75) is 79.9 Å². The number of piperidine rings is 1. The van der Waals surface area contributed by atoms with Gasteiger partial charge in [-0.3, -0.25) is 4.90 Å². The number of epoxide rings is 1. The Labute approximate surface area is 171 Å². The van der Waals surface area contributed by atoms with Crippen molar-refractivity contribution in [1.82, 2.24) is 4.90 Å². The average Bonchev–Trinajstić information content (AvgIpc) is 3.19. The molecule has 7 fully saturated rings. The normalized spacial score (nSPS) is 68.7. The van der Waals surface area contributed by atoms with E-state index in [0.29, 0.717) is 12.8 Å². The maximum Gasteiger partial charge on any atom is 0.124 e. The van der Waals surface area contributed by atoms with Gasteiger partial charge in [0.25, 0.3) is 0 Å². The predicted molar refractivity (Wildman–Crippen MR) is 101 cm³/mol. The third-order valence-corrected chi connectivity index (χ3v) is 11.0. The lowest BCUT2D eigenvalue weighted by molar-refractivity contribution is -0.325. The monoisotopic (exact) mass is 407 g/mol. The van der Waals surface area contributed by atoms with Crippen LogP contribution < -0.4 is 0 Å². The minimum Gasteiger partial charge on any atom is -0.392 e. The summed E-state index contributed by atoms with van der Waals surface area (Å²) in [4.78, 5) is 2.46. The molecule has 0 aromatic carbocycles. The SMILES string of the molecule is CCN1C[C@]23O[C@H]2C[C@H](O)[C@@]24[C@@H]3C[C@@H]([C@@H]12)[C@@]1(O)C[C@H](OC)[C@H]2C[C@@H]4[C@]1(O)[C@H]2OC. The molecule has 0 unspecified atom stereocenters. The summed E-state index contributed by atoms with van der Waals surface area (Å²) in [6, 6.07) is 0.0745. The highest BCUT2D eigenvalue weighted by atomic mass is 16.6. The van der Waals surface area contributed by atoms with E-state index in [1.165, 1.54) is 0 Å². The Morgan fingerprint density at radius 3 is 2.59 bits per heavy atom. The summed E-state index contributed by atoms with van der Waals surface area (Å²) in [5.74, 6) is -0.0940. The van der Waals surface area contributed by atoms with Crippen molar-refractivity contribution in [2.24, 2.45) is 29.1 Å². The minimum atomic E-state index is -1.35. The van der Waals surface area contributed by atoms with E-state index >= 15 is 0 Å². The average molecular weight is 408 g/mol. The van der Waals surface area contributed by atoms with E-state index in [1.807, 2.05) is 0 Å². The van der Waals surface area contributed by atoms with Gasteiger partial charge in [0.1, 0.15) is 16.8 Å². The Kier molecular flexibility index (Phi) is 3.18. The second kappa shape index (κ2) is 5.03. The lowest BCUT2D eigenvalue weighted by atomic mass is 9.44. The second-order valence-electron chi connectivity index (χ2n) is 11.1. The summed E-state index contributed by atoms with van der Waals surface area (Å²) in [6.07, 6.45) is 1.62. The zero-order valence-corrected chi connectivity index (χ0v) is 17.5. The molecule has 5 saturated carbocycles. The van der Waals surface area contributed by atoms with Crippen LogP contribution in [0.1, 0.15) is 32.6 Å². The van der Waals surface area contributed by atoms with Crippen molar-refractivity contribution in [3.63, 3.8) is 0 Å². The van der Waals surface area contributed by atoms with Crippen LogP contribution in [0.4, 0.5) is 0 Å². The van der Waals surface area contributed by atoms with Crippen molar-refractivity contribution < 1.29 is 29.5 Å². The van der Waals surface area contributed by atoms with Gasteiger partial charge in [0.05, 0.1) is 24.4 Å². The Morgan fingerprint density at radius 1 is 1.10 bits per heavy atom. The number of likely N-dealkylation sites (tertiary alicyclic amines) is 1. The quantitative estimate of drug-likeness (QED) is 0.556. The van der Waals surface area contributed by atoms with Gasteiger partial charge in [0.15, 0.2) is 0 Å². The summed E-state index contributed by atoms with van der Waals surface area (Å²) in [5.41, 5.74) is -3.27. The molecule has 2 heterocycles. The lowest BCUT2D eigenvalue weighted by Crippen LogP contribution is -2.82. The van der Waals surface area contributed by atoms with Crippen LogP contribution in [-0.4, -0.2) is 94.8 Å². The zero-order valence-electron chi connectivity index (χ0n) is 17.5. The molecule has 2 spiro atoms. The summed E-state index contributed by atoms with van der Waals surface area (Å²) in [6.45, 7) is 3.92. The van der Waals surface area contributed by atoms with E-state index in [0.717, 1.165) is 25.9 Å². The topological polar surface area (TPSA) is 94.9 Å². The van der Waals surface area contributed by atoms with E-state index in [9.17, 15) is 15.3 Å². The van der Waals surface area contributed by atoms with E-state index < -0.39 is 28.8 Å². The molecule has 0 radical (unpaired) electrons. The first-order valence-electron chi connectivity index (χ1n) is 11.4. The molecule has 5 aliphatic carbocycles. The fraction of sp³-hybridized carbons (Fsp3) is 1.00. The van der Waals surface area contributed by atoms with E-state index in [2.05, 4.69) is 11.8 Å². The molecule has 7 nitrogen and oxygen atoms in total. The summed E-state index contributed by atoms with van der Waals surface area (Å²) in [7, 11) is 3.34. The molecule has 7 bridgehead atoms. The molecule has 0 amide bonds. The number of methoxy groups -OCH3 is 2. The number of ether oxygens (including phenoxy) is 3. The molecule has 162 valence electrons. The highest BCUT2D eigenvalue weighted by molar-refractivity contribution is 5.41. The van der Waals surface area contributed by atoms with Gasteiger partial charge in [-0.25, -0.2) is 0 Å². The van der Waals surface area contributed by atoms with Crippen LogP contribution in [-0.2, 0) is 14.2 Å². The maximum atomic E-state index is 12.3. The largest absolute Gasteiger partial charge is 0.392 e. The van der Waals surface area contributed by atoms with Gasteiger partial charge in [0.2, 0.25) is 0 Å². The molecule has 29 heavy (non-hydrogen) atoms. The van der Waals surface area contributed by atoms with Gasteiger partial charge in [-0.15, -0.1) is 0 Å². The third kappa shape index (κ3) is 1.52. The number of hydrogen-bond donors (Lipinski definition) is 3. The Balaban J connectivity index is 1.50. The van der Waals surface area contributed by atoms with E-state index in [-0.39, 0.29) is 47.5 Å². The summed E-state index contributed by atoms with van der Waals surface area (Å²) in [5, 5.41) is 36.3. The number of nitrogens with zero attached hydrogens (tertiary/aromatic N) is 1. The third-order valence-electron chi connectivity index (χ3n) is 11.0. The number of fused-ring (bicyclic) bond motifs is 2. The molecule has 7 aliphatic rings. The molecule has 2 saturated heterocycles. The molecule has 2 aliphatic heterocycles.